The van der Waals surface area contributed by atoms with E-state index in [9.17, 15) is 22.8 Å². The molecule has 13 heteroatoms. The van der Waals surface area contributed by atoms with Gasteiger partial charge in [0.15, 0.2) is 23.0 Å². The lowest BCUT2D eigenvalue weighted by atomic mass is 10.1. The van der Waals surface area contributed by atoms with E-state index in [0.717, 1.165) is 12.8 Å². The predicted octanol–water partition coefficient (Wildman–Crippen LogP) is 3.61. The highest BCUT2D eigenvalue weighted by Gasteiger charge is 2.36. The molecule has 10 nitrogen and oxygen atoms in total. The van der Waals surface area contributed by atoms with Gasteiger partial charge in [-0.25, -0.2) is 14.2 Å². The van der Waals surface area contributed by atoms with Crippen molar-refractivity contribution in [2.24, 2.45) is 11.7 Å². The molecule has 4 rings (SSSR count). The Kier molecular flexibility index (Phi) is 8.10. The van der Waals surface area contributed by atoms with Crippen molar-refractivity contribution in [3.05, 3.63) is 29.7 Å². The fourth-order valence-electron chi connectivity index (χ4n) is 4.04. The van der Waals surface area contributed by atoms with Gasteiger partial charge in [0.05, 0.1) is 25.8 Å². The van der Waals surface area contributed by atoms with Gasteiger partial charge in [0.25, 0.3) is 5.91 Å². The molecule has 1 aromatic heterocycles. The minimum absolute atomic E-state index is 0.0331. The second-order valence-corrected chi connectivity index (χ2v) is 9.04. The Labute approximate surface area is 211 Å². The molecular weight excluding hydrogens is 497 g/mol. The van der Waals surface area contributed by atoms with Gasteiger partial charge in [-0.3, -0.25) is 9.69 Å². The molecule has 0 unspecified atom stereocenters. The lowest BCUT2D eigenvalue weighted by Crippen LogP contribution is -2.57. The Morgan fingerprint density at radius 1 is 1.24 bits per heavy atom. The van der Waals surface area contributed by atoms with E-state index in [0.29, 0.717) is 18.1 Å². The predicted molar refractivity (Wildman–Crippen MR) is 124 cm³/mol. The van der Waals surface area contributed by atoms with E-state index < -0.39 is 37.4 Å². The molecule has 202 valence electrons. The number of piperazine rings is 1. The minimum atomic E-state index is -3.03. The summed E-state index contributed by atoms with van der Waals surface area (Å²) in [5.41, 5.74) is 6.35. The zero-order valence-corrected chi connectivity index (χ0v) is 20.5. The van der Waals surface area contributed by atoms with Gasteiger partial charge in [0, 0.05) is 25.2 Å². The van der Waals surface area contributed by atoms with Crippen LogP contribution in [-0.2, 0) is 4.74 Å². The zero-order chi connectivity index (χ0) is 26.7. The Hall–Kier alpha value is -3.48. The van der Waals surface area contributed by atoms with Crippen LogP contribution >= 0.6 is 0 Å². The van der Waals surface area contributed by atoms with Crippen LogP contribution in [-0.4, -0.2) is 79.5 Å². The molecule has 1 saturated heterocycles. The lowest BCUT2D eigenvalue weighted by molar-refractivity contribution is -0.0515. The number of alkyl halides is 3. The highest BCUT2D eigenvalue weighted by atomic mass is 19.3. The molecule has 0 bridgehead atoms. The number of methoxy groups -OCH3 is 1. The number of amides is 2. The number of carbonyl (C=O) groups is 2. The molecule has 1 aliphatic carbocycles. The SMILES string of the molecule is COC(=O)N1CCN(C(=O)c2nc(-c3ccc(OC(F)F)c(OCC4CC4)c3)oc2[C@H](C)N)C[C@H]1CF. The zero-order valence-electron chi connectivity index (χ0n) is 20.5. The number of rotatable bonds is 9. The maximum atomic E-state index is 13.7. The number of nitrogens with two attached hydrogens (primary N) is 1. The molecule has 37 heavy (non-hydrogen) atoms. The normalized spacial score (nSPS) is 18.6. The number of carbonyl (C=O) groups excluding carboxylic acids is 2. The van der Waals surface area contributed by atoms with Gasteiger partial charge in [-0.1, -0.05) is 0 Å². The largest absolute Gasteiger partial charge is 0.489 e. The number of ether oxygens (including phenoxy) is 3. The maximum Gasteiger partial charge on any atom is 0.409 e. The number of halogens is 3. The Bertz CT molecular complexity index is 1120. The van der Waals surface area contributed by atoms with E-state index in [2.05, 4.69) is 9.72 Å². The first-order valence-corrected chi connectivity index (χ1v) is 11.9. The molecule has 0 spiro atoms. The second-order valence-electron chi connectivity index (χ2n) is 9.04. The molecule has 2 amide bonds. The van der Waals surface area contributed by atoms with E-state index in [1.54, 1.807) is 6.92 Å². The molecular formula is C24H29F3N4O6. The highest BCUT2D eigenvalue weighted by molar-refractivity contribution is 5.94. The molecule has 0 radical (unpaired) electrons. The van der Waals surface area contributed by atoms with Crippen molar-refractivity contribution in [3.63, 3.8) is 0 Å². The second kappa shape index (κ2) is 11.3. The van der Waals surface area contributed by atoms with Crippen LogP contribution in [0, 0.1) is 5.92 Å². The molecule has 2 aliphatic rings. The van der Waals surface area contributed by atoms with Gasteiger partial charge in [0.1, 0.15) is 6.67 Å². The summed E-state index contributed by atoms with van der Waals surface area (Å²) in [7, 11) is 1.20. The summed E-state index contributed by atoms with van der Waals surface area (Å²) in [6.45, 7) is -1.77. The summed E-state index contributed by atoms with van der Waals surface area (Å²) < 4.78 is 60.2. The van der Waals surface area contributed by atoms with Crippen molar-refractivity contribution in [1.29, 1.82) is 0 Å². The highest BCUT2D eigenvalue weighted by Crippen LogP contribution is 2.37. The minimum Gasteiger partial charge on any atom is -0.489 e. The van der Waals surface area contributed by atoms with E-state index in [4.69, 9.17) is 19.6 Å². The van der Waals surface area contributed by atoms with Crippen LogP contribution in [0.1, 0.15) is 42.1 Å². The fraction of sp³-hybridized carbons (Fsp3) is 0.542. The first-order chi connectivity index (χ1) is 17.7. The third kappa shape index (κ3) is 6.09. The Balaban J connectivity index is 1.60. The number of hydrogen-bond acceptors (Lipinski definition) is 8. The molecule has 1 saturated carbocycles. The standard InChI is InChI=1S/C24H29F3N4O6/c1-13(28)20-19(22(32)30-7-8-31(24(33)34-2)16(10-25)11-30)29-21(37-20)15-5-6-17(36-23(26)27)18(9-15)35-12-14-3-4-14/h5-6,9,13-14,16,23H,3-4,7-8,10-12,28H2,1-2H3/t13-,16+/m0/s1. The van der Waals surface area contributed by atoms with Gasteiger partial charge in [0.2, 0.25) is 5.89 Å². The summed E-state index contributed by atoms with van der Waals surface area (Å²) in [6.07, 6.45) is 1.34. The first kappa shape index (κ1) is 26.6. The van der Waals surface area contributed by atoms with Crippen LogP contribution in [0.3, 0.4) is 0 Å². The van der Waals surface area contributed by atoms with Crippen molar-refractivity contribution < 1.29 is 41.4 Å². The number of nitrogens with zero attached hydrogens (tertiary/aromatic N) is 3. The quantitative estimate of drug-likeness (QED) is 0.526. The van der Waals surface area contributed by atoms with Gasteiger partial charge >= 0.3 is 12.7 Å². The fourth-order valence-corrected chi connectivity index (χ4v) is 4.04. The number of oxazole rings is 1. The van der Waals surface area contributed by atoms with E-state index in [-0.39, 0.29) is 48.5 Å². The number of hydrogen-bond donors (Lipinski definition) is 1. The van der Waals surface area contributed by atoms with Crippen molar-refractivity contribution in [3.8, 4) is 23.0 Å². The molecule has 2 aromatic rings. The Morgan fingerprint density at radius 3 is 2.62 bits per heavy atom. The van der Waals surface area contributed by atoms with Crippen LogP contribution in [0.2, 0.25) is 0 Å². The van der Waals surface area contributed by atoms with Crippen molar-refractivity contribution >= 4 is 12.0 Å². The van der Waals surface area contributed by atoms with E-state index in [1.165, 1.54) is 35.1 Å². The first-order valence-electron chi connectivity index (χ1n) is 11.9. The van der Waals surface area contributed by atoms with Gasteiger partial charge in [-0.05, 0) is 43.9 Å². The van der Waals surface area contributed by atoms with Crippen LogP contribution in [0.4, 0.5) is 18.0 Å². The van der Waals surface area contributed by atoms with Crippen LogP contribution in [0.5, 0.6) is 11.5 Å². The maximum absolute atomic E-state index is 13.7. The molecule has 2 N–H and O–H groups in total. The number of aromatic nitrogens is 1. The van der Waals surface area contributed by atoms with Gasteiger partial charge in [-0.2, -0.15) is 8.78 Å². The van der Waals surface area contributed by atoms with Gasteiger partial charge in [-0.15, -0.1) is 0 Å². The van der Waals surface area contributed by atoms with Crippen molar-refractivity contribution in [1.82, 2.24) is 14.8 Å². The molecule has 1 aromatic carbocycles. The molecule has 2 heterocycles. The monoisotopic (exact) mass is 526 g/mol. The van der Waals surface area contributed by atoms with Crippen molar-refractivity contribution in [2.75, 3.05) is 40.0 Å². The van der Waals surface area contributed by atoms with Crippen LogP contribution < -0.4 is 15.2 Å². The molecule has 2 atom stereocenters. The van der Waals surface area contributed by atoms with E-state index >= 15 is 0 Å². The Morgan fingerprint density at radius 2 is 2.00 bits per heavy atom. The average molecular weight is 527 g/mol. The van der Waals surface area contributed by atoms with E-state index in [1.807, 2.05) is 0 Å². The summed E-state index contributed by atoms with van der Waals surface area (Å²) in [6, 6.07) is 2.66. The average Bonchev–Trinajstić information content (AvgIpc) is 3.61. The van der Waals surface area contributed by atoms with Crippen molar-refractivity contribution in [2.45, 2.75) is 38.5 Å². The summed E-state index contributed by atoms with van der Waals surface area (Å²) in [4.78, 5) is 32.2. The smallest absolute Gasteiger partial charge is 0.409 e. The summed E-state index contributed by atoms with van der Waals surface area (Å²) in [5, 5.41) is 0. The molecule has 2 fully saturated rings. The third-order valence-electron chi connectivity index (χ3n) is 6.20. The van der Waals surface area contributed by atoms with Crippen LogP contribution in [0.15, 0.2) is 22.6 Å². The van der Waals surface area contributed by atoms with Crippen LogP contribution in [0.25, 0.3) is 11.5 Å². The topological polar surface area (TPSA) is 120 Å². The summed E-state index contributed by atoms with van der Waals surface area (Å²) >= 11 is 0. The number of benzene rings is 1. The third-order valence-corrected chi connectivity index (χ3v) is 6.20. The molecule has 1 aliphatic heterocycles. The van der Waals surface area contributed by atoms with Gasteiger partial charge < -0.3 is 29.3 Å². The summed E-state index contributed by atoms with van der Waals surface area (Å²) in [5.74, 6) is -0.0517. The lowest BCUT2D eigenvalue weighted by Gasteiger charge is -2.39.